The van der Waals surface area contributed by atoms with Crippen molar-refractivity contribution in [3.63, 3.8) is 0 Å². The fourth-order valence-corrected chi connectivity index (χ4v) is 3.42. The standard InChI is InChI=1S/C20H26F3N3O4/c21-20(22,23)13-3-5-14(6-4-13)25-19(29)24-10-9-15-7-8-16(17(11-27)30-15)26-18(28)12-1-2-12/h3-6,12,15-17,27H,1-2,7-11H2,(H,26,28)(H2,24,25,29)/t15-,16-,17-/m0/s1. The zero-order chi connectivity index (χ0) is 21.7. The number of hydrogen-bond donors (Lipinski definition) is 4. The monoisotopic (exact) mass is 429 g/mol. The molecule has 1 aliphatic heterocycles. The summed E-state index contributed by atoms with van der Waals surface area (Å²) in [6.45, 7) is 0.0995. The normalized spacial score (nSPS) is 24.2. The van der Waals surface area contributed by atoms with Crippen molar-refractivity contribution in [1.82, 2.24) is 10.6 Å². The summed E-state index contributed by atoms with van der Waals surface area (Å²) in [4.78, 5) is 23.8. The van der Waals surface area contributed by atoms with Gasteiger partial charge in [0.15, 0.2) is 0 Å². The van der Waals surface area contributed by atoms with Crippen LogP contribution in [0.2, 0.25) is 0 Å². The van der Waals surface area contributed by atoms with Gasteiger partial charge in [-0.15, -0.1) is 0 Å². The van der Waals surface area contributed by atoms with Gasteiger partial charge in [0.25, 0.3) is 0 Å². The highest BCUT2D eigenvalue weighted by Gasteiger charge is 2.36. The number of anilines is 1. The van der Waals surface area contributed by atoms with E-state index < -0.39 is 23.9 Å². The van der Waals surface area contributed by atoms with Crippen LogP contribution in [0.25, 0.3) is 0 Å². The van der Waals surface area contributed by atoms with Crippen molar-refractivity contribution in [1.29, 1.82) is 0 Å². The van der Waals surface area contributed by atoms with E-state index in [-0.39, 0.29) is 36.3 Å². The predicted octanol–water partition coefficient (Wildman–Crippen LogP) is 2.65. The smallest absolute Gasteiger partial charge is 0.394 e. The first-order valence-electron chi connectivity index (χ1n) is 10.0. The molecule has 1 aromatic carbocycles. The molecule has 4 N–H and O–H groups in total. The molecule has 3 atom stereocenters. The van der Waals surface area contributed by atoms with Gasteiger partial charge in [0.2, 0.25) is 5.91 Å². The molecule has 3 rings (SSSR count). The maximum Gasteiger partial charge on any atom is 0.416 e. The van der Waals surface area contributed by atoms with E-state index in [2.05, 4.69) is 16.0 Å². The van der Waals surface area contributed by atoms with E-state index in [0.717, 1.165) is 25.0 Å². The zero-order valence-electron chi connectivity index (χ0n) is 16.4. The second kappa shape index (κ2) is 9.65. The molecule has 1 aromatic rings. The highest BCUT2D eigenvalue weighted by atomic mass is 19.4. The van der Waals surface area contributed by atoms with Crippen LogP contribution in [0.1, 0.15) is 37.7 Å². The topological polar surface area (TPSA) is 99.7 Å². The van der Waals surface area contributed by atoms with Crippen LogP contribution in [0.3, 0.4) is 0 Å². The van der Waals surface area contributed by atoms with Crippen molar-refractivity contribution >= 4 is 17.6 Å². The molecule has 0 aromatic heterocycles. The van der Waals surface area contributed by atoms with Gasteiger partial charge in [-0.1, -0.05) is 0 Å². The van der Waals surface area contributed by atoms with Gasteiger partial charge < -0.3 is 25.8 Å². The Balaban J connectivity index is 1.37. The summed E-state index contributed by atoms with van der Waals surface area (Å²) in [6.07, 6.45) is -1.36. The van der Waals surface area contributed by atoms with E-state index in [1.54, 1.807) is 0 Å². The quantitative estimate of drug-likeness (QED) is 0.536. The van der Waals surface area contributed by atoms with E-state index in [9.17, 15) is 27.9 Å². The maximum atomic E-state index is 12.6. The van der Waals surface area contributed by atoms with Crippen molar-refractivity contribution in [2.45, 2.75) is 56.5 Å². The summed E-state index contributed by atoms with van der Waals surface area (Å²) in [5.41, 5.74) is -0.531. The Morgan fingerprint density at radius 3 is 2.40 bits per heavy atom. The maximum absolute atomic E-state index is 12.6. The van der Waals surface area contributed by atoms with Gasteiger partial charge in [0.05, 0.1) is 24.3 Å². The molecule has 166 valence electrons. The lowest BCUT2D eigenvalue weighted by atomic mass is 9.97. The van der Waals surface area contributed by atoms with E-state index in [1.807, 2.05) is 0 Å². The molecule has 30 heavy (non-hydrogen) atoms. The Kier molecular flexibility index (Phi) is 7.19. The van der Waals surface area contributed by atoms with Gasteiger partial charge in [-0.2, -0.15) is 13.2 Å². The minimum Gasteiger partial charge on any atom is -0.394 e. The first kappa shape index (κ1) is 22.4. The average Bonchev–Trinajstić information content (AvgIpc) is 3.54. The van der Waals surface area contributed by atoms with Crippen LogP contribution in [-0.4, -0.2) is 48.4 Å². The van der Waals surface area contributed by atoms with Crippen LogP contribution in [-0.2, 0) is 15.7 Å². The minimum atomic E-state index is -4.42. The number of nitrogens with one attached hydrogen (secondary N) is 3. The number of alkyl halides is 3. The molecular weight excluding hydrogens is 403 g/mol. The van der Waals surface area contributed by atoms with Crippen molar-refractivity contribution in [3.8, 4) is 0 Å². The summed E-state index contributed by atoms with van der Waals surface area (Å²) in [5.74, 6) is 0.108. The molecule has 1 aliphatic carbocycles. The fraction of sp³-hybridized carbons (Fsp3) is 0.600. The number of carbonyl (C=O) groups excluding carboxylic acids is 2. The molecule has 1 saturated heterocycles. The van der Waals surface area contributed by atoms with Gasteiger partial charge in [0, 0.05) is 18.2 Å². The molecule has 0 radical (unpaired) electrons. The van der Waals surface area contributed by atoms with Gasteiger partial charge >= 0.3 is 12.2 Å². The summed E-state index contributed by atoms with van der Waals surface area (Å²) >= 11 is 0. The number of urea groups is 1. The number of halogens is 3. The molecule has 0 spiro atoms. The molecule has 1 heterocycles. The van der Waals surface area contributed by atoms with Crippen LogP contribution in [0.15, 0.2) is 24.3 Å². The van der Waals surface area contributed by atoms with Crippen LogP contribution in [0.5, 0.6) is 0 Å². The van der Waals surface area contributed by atoms with Crippen LogP contribution in [0, 0.1) is 5.92 Å². The SMILES string of the molecule is O=C(NCC[C@@H]1CC[C@H](NC(=O)C2CC2)[C@H](CO)O1)Nc1ccc(C(F)(F)F)cc1. The fourth-order valence-electron chi connectivity index (χ4n) is 3.42. The summed E-state index contributed by atoms with van der Waals surface area (Å²) in [6, 6.07) is 3.44. The van der Waals surface area contributed by atoms with Crippen molar-refractivity contribution in [3.05, 3.63) is 29.8 Å². The molecule has 10 heteroatoms. The number of benzene rings is 1. The van der Waals surface area contributed by atoms with Gasteiger partial charge in [-0.25, -0.2) is 4.79 Å². The summed E-state index contributed by atoms with van der Waals surface area (Å²) in [7, 11) is 0. The van der Waals surface area contributed by atoms with Crippen molar-refractivity contribution in [2.24, 2.45) is 5.92 Å². The van der Waals surface area contributed by atoms with Gasteiger partial charge in [-0.3, -0.25) is 4.79 Å². The van der Waals surface area contributed by atoms with Crippen LogP contribution < -0.4 is 16.0 Å². The Hall–Kier alpha value is -2.33. The second-order valence-corrected chi connectivity index (χ2v) is 7.69. The van der Waals surface area contributed by atoms with Crippen molar-refractivity contribution < 1.29 is 32.6 Å². The van der Waals surface area contributed by atoms with E-state index in [1.165, 1.54) is 12.1 Å². The summed E-state index contributed by atoms with van der Waals surface area (Å²) in [5, 5.41) is 17.6. The number of rotatable bonds is 7. The second-order valence-electron chi connectivity index (χ2n) is 7.69. The molecule has 3 amide bonds. The lowest BCUT2D eigenvalue weighted by Crippen LogP contribution is -2.51. The van der Waals surface area contributed by atoms with E-state index in [0.29, 0.717) is 25.8 Å². The molecule has 0 bridgehead atoms. The molecule has 7 nitrogen and oxygen atoms in total. The Labute approximate surface area is 172 Å². The number of ether oxygens (including phenoxy) is 1. The molecule has 2 fully saturated rings. The highest BCUT2D eigenvalue weighted by molar-refractivity contribution is 5.89. The van der Waals surface area contributed by atoms with E-state index in [4.69, 9.17) is 4.74 Å². The Morgan fingerprint density at radius 1 is 1.10 bits per heavy atom. The molecule has 0 unspecified atom stereocenters. The third-order valence-corrected chi connectivity index (χ3v) is 5.29. The lowest BCUT2D eigenvalue weighted by Gasteiger charge is -2.36. The lowest BCUT2D eigenvalue weighted by molar-refractivity contribution is -0.137. The van der Waals surface area contributed by atoms with Crippen LogP contribution >= 0.6 is 0 Å². The number of amides is 3. The summed E-state index contributed by atoms with van der Waals surface area (Å²) < 4.78 is 43.5. The number of aliphatic hydroxyl groups excluding tert-OH is 1. The van der Waals surface area contributed by atoms with E-state index >= 15 is 0 Å². The van der Waals surface area contributed by atoms with Gasteiger partial charge in [-0.05, 0) is 56.4 Å². The number of carbonyl (C=O) groups is 2. The van der Waals surface area contributed by atoms with Gasteiger partial charge in [0.1, 0.15) is 6.10 Å². The predicted molar refractivity (Wildman–Crippen MR) is 103 cm³/mol. The molecular formula is C20H26F3N3O4. The Bertz CT molecular complexity index is 738. The van der Waals surface area contributed by atoms with Crippen LogP contribution in [0.4, 0.5) is 23.7 Å². The third-order valence-electron chi connectivity index (χ3n) is 5.29. The largest absolute Gasteiger partial charge is 0.416 e. The minimum absolute atomic E-state index is 0.0158. The molecule has 1 saturated carbocycles. The number of aliphatic hydroxyl groups is 1. The Morgan fingerprint density at radius 2 is 1.80 bits per heavy atom. The highest BCUT2D eigenvalue weighted by Crippen LogP contribution is 2.31. The first-order valence-corrected chi connectivity index (χ1v) is 10.0. The number of hydrogen-bond acceptors (Lipinski definition) is 4. The first-order chi connectivity index (χ1) is 14.3. The average molecular weight is 429 g/mol. The third kappa shape index (κ3) is 6.33. The van der Waals surface area contributed by atoms with Crippen molar-refractivity contribution in [2.75, 3.05) is 18.5 Å². The molecule has 2 aliphatic rings. The zero-order valence-corrected chi connectivity index (χ0v) is 16.4.